The maximum absolute atomic E-state index is 12.4. The van der Waals surface area contributed by atoms with Crippen molar-refractivity contribution in [3.05, 3.63) is 79.3 Å². The molecule has 12 heteroatoms. The van der Waals surface area contributed by atoms with Crippen LogP contribution in [-0.4, -0.2) is 32.6 Å². The van der Waals surface area contributed by atoms with E-state index in [-0.39, 0.29) is 10.7 Å². The molecule has 1 aromatic heterocycles. The number of non-ortho nitro benzene ring substituents is 2. The van der Waals surface area contributed by atoms with Gasteiger partial charge in [-0.05, 0) is 18.6 Å². The quantitative estimate of drug-likeness (QED) is 0.308. The molecule has 0 spiro atoms. The fourth-order valence-corrected chi connectivity index (χ4v) is 3.22. The minimum absolute atomic E-state index is 0.188. The molecule has 3 rings (SSSR count). The second kappa shape index (κ2) is 9.52. The first-order valence-electron chi connectivity index (χ1n) is 8.68. The molecule has 1 amide bonds. The van der Waals surface area contributed by atoms with Gasteiger partial charge in [0, 0.05) is 18.6 Å². The average molecular weight is 429 g/mol. The van der Waals surface area contributed by atoms with Crippen LogP contribution in [0.5, 0.6) is 5.75 Å². The van der Waals surface area contributed by atoms with Crippen molar-refractivity contribution in [1.29, 1.82) is 0 Å². The predicted molar refractivity (Wildman–Crippen MR) is 108 cm³/mol. The van der Waals surface area contributed by atoms with E-state index >= 15 is 0 Å². The predicted octanol–water partition coefficient (Wildman–Crippen LogP) is 3.62. The Labute approximate surface area is 173 Å². The lowest BCUT2D eigenvalue weighted by Crippen LogP contribution is -2.12. The Morgan fingerprint density at radius 1 is 1.03 bits per heavy atom. The molecule has 0 radical (unpaired) electrons. The third kappa shape index (κ3) is 5.54. The van der Waals surface area contributed by atoms with E-state index in [1.54, 1.807) is 0 Å². The van der Waals surface area contributed by atoms with Crippen LogP contribution in [0.2, 0.25) is 0 Å². The van der Waals surface area contributed by atoms with E-state index < -0.39 is 27.1 Å². The Hall–Kier alpha value is -3.93. The highest BCUT2D eigenvalue weighted by molar-refractivity contribution is 7.15. The van der Waals surface area contributed by atoms with Gasteiger partial charge in [0.2, 0.25) is 5.13 Å². The molecule has 0 atom stereocenters. The summed E-state index contributed by atoms with van der Waals surface area (Å²) in [5.74, 6) is 0.0191. The summed E-state index contributed by atoms with van der Waals surface area (Å²) in [5, 5.41) is 33.1. The molecule has 0 aliphatic heterocycles. The number of carbonyl (C=O) groups is 1. The number of nitrogens with one attached hydrogen (secondary N) is 1. The van der Waals surface area contributed by atoms with Gasteiger partial charge in [-0.2, -0.15) is 0 Å². The molecule has 3 aromatic rings. The molecular formula is C18H15N5O6S. The Balaban J connectivity index is 1.58. The standard InChI is InChI=1S/C18H15N5O6S/c24-17(12-9-13(22(25)26)11-14(10-12)23(27)28)19-18-21-20-16(30-18)7-4-8-29-15-5-2-1-3-6-15/h1-3,5-6,9-11H,4,7-8H2,(H,19,21,24). The fraction of sp³-hybridized carbons (Fsp3) is 0.167. The third-order valence-corrected chi connectivity index (χ3v) is 4.72. The maximum Gasteiger partial charge on any atom is 0.277 e. The van der Waals surface area contributed by atoms with Crippen LogP contribution < -0.4 is 10.1 Å². The highest BCUT2D eigenvalue weighted by Crippen LogP contribution is 2.24. The molecule has 0 saturated heterocycles. The number of nitro groups is 2. The smallest absolute Gasteiger partial charge is 0.277 e. The summed E-state index contributed by atoms with van der Waals surface area (Å²) < 4.78 is 5.59. The number of hydrogen-bond donors (Lipinski definition) is 1. The molecule has 1 heterocycles. The van der Waals surface area contributed by atoms with E-state index in [2.05, 4.69) is 15.5 Å². The van der Waals surface area contributed by atoms with Crippen LogP contribution in [0.1, 0.15) is 21.8 Å². The minimum atomic E-state index is -0.801. The Bertz CT molecular complexity index is 1040. The van der Waals surface area contributed by atoms with E-state index in [4.69, 9.17) is 4.74 Å². The summed E-state index contributed by atoms with van der Waals surface area (Å²) in [6.07, 6.45) is 1.28. The average Bonchev–Trinajstić information content (AvgIpc) is 3.18. The minimum Gasteiger partial charge on any atom is -0.494 e. The monoisotopic (exact) mass is 429 g/mol. The van der Waals surface area contributed by atoms with E-state index in [1.807, 2.05) is 30.3 Å². The lowest BCUT2D eigenvalue weighted by molar-refractivity contribution is -0.394. The van der Waals surface area contributed by atoms with Gasteiger partial charge >= 0.3 is 0 Å². The van der Waals surface area contributed by atoms with Crippen molar-refractivity contribution in [2.45, 2.75) is 12.8 Å². The van der Waals surface area contributed by atoms with Gasteiger partial charge in [0.15, 0.2) is 0 Å². The molecule has 0 unspecified atom stereocenters. The van der Waals surface area contributed by atoms with Gasteiger partial charge in [-0.25, -0.2) is 0 Å². The number of ether oxygens (including phenoxy) is 1. The van der Waals surface area contributed by atoms with Crippen molar-refractivity contribution in [3.63, 3.8) is 0 Å². The molecule has 2 aromatic carbocycles. The van der Waals surface area contributed by atoms with E-state index in [0.717, 1.165) is 35.3 Å². The number of anilines is 1. The summed E-state index contributed by atoms with van der Waals surface area (Å²) in [6, 6.07) is 12.1. The molecule has 11 nitrogen and oxygen atoms in total. The maximum atomic E-state index is 12.4. The number of hydrogen-bond acceptors (Lipinski definition) is 9. The number of carbonyl (C=O) groups excluding carboxylic acids is 1. The number of aromatic nitrogens is 2. The topological polar surface area (TPSA) is 150 Å². The second-order valence-corrected chi connectivity index (χ2v) is 7.03. The van der Waals surface area contributed by atoms with Crippen molar-refractivity contribution in [2.75, 3.05) is 11.9 Å². The third-order valence-electron chi connectivity index (χ3n) is 3.82. The van der Waals surface area contributed by atoms with Crippen LogP contribution in [0.25, 0.3) is 0 Å². The van der Waals surface area contributed by atoms with Crippen LogP contribution in [0.15, 0.2) is 48.5 Å². The number of nitro benzene ring substituents is 2. The number of amides is 1. The molecule has 0 fully saturated rings. The van der Waals surface area contributed by atoms with Gasteiger partial charge < -0.3 is 4.74 Å². The van der Waals surface area contributed by atoms with Crippen molar-refractivity contribution in [3.8, 4) is 5.75 Å². The van der Waals surface area contributed by atoms with Gasteiger partial charge in [0.05, 0.1) is 28.1 Å². The number of para-hydroxylation sites is 1. The first-order chi connectivity index (χ1) is 14.4. The molecule has 30 heavy (non-hydrogen) atoms. The first kappa shape index (κ1) is 20.8. The molecule has 0 aliphatic carbocycles. The van der Waals surface area contributed by atoms with Crippen molar-refractivity contribution < 1.29 is 19.4 Å². The van der Waals surface area contributed by atoms with Crippen LogP contribution >= 0.6 is 11.3 Å². The molecular weight excluding hydrogens is 414 g/mol. The fourth-order valence-electron chi connectivity index (χ4n) is 2.44. The van der Waals surface area contributed by atoms with Crippen molar-refractivity contribution in [2.24, 2.45) is 0 Å². The Morgan fingerprint density at radius 3 is 2.33 bits per heavy atom. The van der Waals surface area contributed by atoms with E-state index in [9.17, 15) is 25.0 Å². The van der Waals surface area contributed by atoms with Crippen LogP contribution in [0.4, 0.5) is 16.5 Å². The van der Waals surface area contributed by atoms with Crippen LogP contribution in [0.3, 0.4) is 0 Å². The summed E-state index contributed by atoms with van der Waals surface area (Å²) in [5.41, 5.74) is -1.32. The second-order valence-electron chi connectivity index (χ2n) is 5.97. The van der Waals surface area contributed by atoms with Gasteiger partial charge in [-0.1, -0.05) is 29.5 Å². The summed E-state index contributed by atoms with van der Waals surface area (Å²) in [7, 11) is 0. The summed E-state index contributed by atoms with van der Waals surface area (Å²) in [4.78, 5) is 32.6. The van der Waals surface area contributed by atoms with Crippen molar-refractivity contribution in [1.82, 2.24) is 10.2 Å². The zero-order valence-corrected chi connectivity index (χ0v) is 16.2. The molecule has 0 saturated carbocycles. The first-order valence-corrected chi connectivity index (χ1v) is 9.49. The number of nitrogens with zero attached hydrogens (tertiary/aromatic N) is 4. The number of aryl methyl sites for hydroxylation is 1. The van der Waals surface area contributed by atoms with Gasteiger partial charge in [0.25, 0.3) is 17.3 Å². The largest absolute Gasteiger partial charge is 0.494 e. The lowest BCUT2D eigenvalue weighted by atomic mass is 10.1. The Morgan fingerprint density at radius 2 is 1.70 bits per heavy atom. The highest BCUT2D eigenvalue weighted by Gasteiger charge is 2.20. The summed E-state index contributed by atoms with van der Waals surface area (Å²) in [6.45, 7) is 0.489. The van der Waals surface area contributed by atoms with Gasteiger partial charge in [0.1, 0.15) is 10.8 Å². The van der Waals surface area contributed by atoms with Crippen LogP contribution in [0, 0.1) is 20.2 Å². The number of benzene rings is 2. The van der Waals surface area contributed by atoms with E-state index in [1.165, 1.54) is 0 Å². The molecule has 154 valence electrons. The molecule has 0 aliphatic rings. The zero-order chi connectivity index (χ0) is 21.5. The normalized spacial score (nSPS) is 10.4. The van der Waals surface area contributed by atoms with Gasteiger partial charge in [-0.15, -0.1) is 10.2 Å². The Kier molecular flexibility index (Phi) is 6.60. The molecule has 0 bridgehead atoms. The SMILES string of the molecule is O=C(Nc1nnc(CCCOc2ccccc2)s1)c1cc([N+](=O)[O-])cc([N+](=O)[O-])c1. The van der Waals surface area contributed by atoms with Gasteiger partial charge in [-0.3, -0.25) is 30.3 Å². The highest BCUT2D eigenvalue weighted by atomic mass is 32.1. The lowest BCUT2D eigenvalue weighted by Gasteiger charge is -2.04. The van der Waals surface area contributed by atoms with E-state index in [0.29, 0.717) is 24.5 Å². The summed E-state index contributed by atoms with van der Waals surface area (Å²) >= 11 is 1.15. The van der Waals surface area contributed by atoms with Crippen LogP contribution in [-0.2, 0) is 6.42 Å². The van der Waals surface area contributed by atoms with Crippen molar-refractivity contribution >= 4 is 33.8 Å². The zero-order valence-electron chi connectivity index (χ0n) is 15.4. The molecule has 1 N–H and O–H groups in total. The number of rotatable bonds is 9.